The predicted octanol–water partition coefficient (Wildman–Crippen LogP) is 7.65. The molecule has 1 heterocycles. The Morgan fingerprint density at radius 1 is 1.07 bits per heavy atom. The number of ether oxygens (including phenoxy) is 1. The van der Waals surface area contributed by atoms with Gasteiger partial charge in [-0.3, -0.25) is 4.79 Å². The second-order valence-corrected chi connectivity index (χ2v) is 11.5. The molecule has 1 unspecified atom stereocenters. The van der Waals surface area contributed by atoms with Crippen LogP contribution in [0.3, 0.4) is 0 Å². The summed E-state index contributed by atoms with van der Waals surface area (Å²) in [6.45, 7) is 4.58. The number of rotatable bonds is 7. The summed E-state index contributed by atoms with van der Waals surface area (Å²) in [5, 5.41) is 12.4. The largest absolute Gasteiger partial charge is 0.573 e. The van der Waals surface area contributed by atoms with E-state index in [0.29, 0.717) is 18.1 Å². The first-order valence-electron chi connectivity index (χ1n) is 13.4. The summed E-state index contributed by atoms with van der Waals surface area (Å²) in [6.07, 6.45) is -1.26. The number of imidazole rings is 1. The van der Waals surface area contributed by atoms with Crippen LogP contribution in [0.5, 0.6) is 5.75 Å². The summed E-state index contributed by atoms with van der Waals surface area (Å²) < 4.78 is 44.1. The number of fused-ring (bicyclic) bond motifs is 3. The van der Waals surface area contributed by atoms with Gasteiger partial charge in [-0.05, 0) is 84.2 Å². The van der Waals surface area contributed by atoms with E-state index >= 15 is 0 Å². The fourth-order valence-electron chi connectivity index (χ4n) is 6.32. The highest BCUT2D eigenvalue weighted by Gasteiger charge is 2.60. The molecule has 2 N–H and O–H groups in total. The zero-order chi connectivity index (χ0) is 28.3. The lowest BCUT2D eigenvalue weighted by molar-refractivity contribution is -0.274. The Balaban J connectivity index is 1.39. The Bertz CT molecular complexity index is 1590. The van der Waals surface area contributed by atoms with Crippen LogP contribution in [-0.2, 0) is 22.0 Å². The van der Waals surface area contributed by atoms with Crippen molar-refractivity contribution in [3.63, 3.8) is 0 Å². The lowest BCUT2D eigenvalue weighted by atomic mass is 9.67. The highest BCUT2D eigenvalue weighted by Crippen LogP contribution is 2.66. The minimum atomic E-state index is -4.76. The van der Waals surface area contributed by atoms with E-state index in [4.69, 9.17) is 10.1 Å². The molecule has 1 fully saturated rings. The Morgan fingerprint density at radius 3 is 2.50 bits per heavy atom. The molecule has 2 atom stereocenters. The summed E-state index contributed by atoms with van der Waals surface area (Å²) in [5.41, 5.74) is 5.95. The van der Waals surface area contributed by atoms with Crippen molar-refractivity contribution in [2.45, 2.75) is 69.2 Å². The molecule has 2 aliphatic rings. The van der Waals surface area contributed by atoms with Crippen molar-refractivity contribution in [2.75, 3.05) is 5.32 Å². The van der Waals surface area contributed by atoms with Gasteiger partial charge in [-0.2, -0.15) is 0 Å². The maximum Gasteiger partial charge on any atom is 0.573 e. The van der Waals surface area contributed by atoms with Gasteiger partial charge in [0.1, 0.15) is 5.75 Å². The number of aliphatic carboxylic acids is 1. The Labute approximate surface area is 229 Å². The number of carbonyl (C=O) groups is 1. The molecular formula is C31H30F3N3O3. The molecule has 4 aromatic rings. The molecule has 208 valence electrons. The summed E-state index contributed by atoms with van der Waals surface area (Å²) in [6, 6.07) is 20.3. The van der Waals surface area contributed by atoms with Crippen LogP contribution in [0.15, 0.2) is 66.7 Å². The normalized spacial score (nSPS) is 21.3. The topological polar surface area (TPSA) is 76.4 Å². The van der Waals surface area contributed by atoms with Crippen LogP contribution in [0.2, 0.25) is 0 Å². The van der Waals surface area contributed by atoms with Gasteiger partial charge < -0.3 is 19.7 Å². The van der Waals surface area contributed by atoms with Crippen molar-refractivity contribution in [2.24, 2.45) is 0 Å². The van der Waals surface area contributed by atoms with Crippen molar-refractivity contribution in [1.29, 1.82) is 0 Å². The molecule has 1 saturated carbocycles. The molecule has 6 nitrogen and oxygen atoms in total. The van der Waals surface area contributed by atoms with Crippen LogP contribution in [0.25, 0.3) is 11.0 Å². The SMILES string of the molecule is CC1(C)CCC2(C[C@H]2n2c(Nc3ccc(OC(F)(F)F)cc3)nc3cc(CCC(=O)O)ccc32)c2ccccc21. The molecule has 6 rings (SSSR count). The Hall–Kier alpha value is -4.01. The molecule has 2 aliphatic carbocycles. The van der Waals surface area contributed by atoms with Crippen LogP contribution in [0.4, 0.5) is 24.8 Å². The number of anilines is 2. The van der Waals surface area contributed by atoms with E-state index in [2.05, 4.69) is 52.7 Å². The quantitative estimate of drug-likeness (QED) is 0.248. The van der Waals surface area contributed by atoms with Gasteiger partial charge in [-0.1, -0.05) is 44.2 Å². The predicted molar refractivity (Wildman–Crippen MR) is 146 cm³/mol. The van der Waals surface area contributed by atoms with Crippen molar-refractivity contribution in [3.05, 3.63) is 83.4 Å². The first-order chi connectivity index (χ1) is 19.0. The van der Waals surface area contributed by atoms with Gasteiger partial charge in [0.2, 0.25) is 5.95 Å². The van der Waals surface area contributed by atoms with Gasteiger partial charge in [0, 0.05) is 23.6 Å². The van der Waals surface area contributed by atoms with E-state index in [1.54, 1.807) is 0 Å². The number of alkyl halides is 3. The highest BCUT2D eigenvalue weighted by atomic mass is 19.4. The number of benzene rings is 3. The van der Waals surface area contributed by atoms with Crippen molar-refractivity contribution < 1.29 is 27.8 Å². The molecule has 40 heavy (non-hydrogen) atoms. The fourth-order valence-corrected chi connectivity index (χ4v) is 6.32. The van der Waals surface area contributed by atoms with E-state index in [9.17, 15) is 18.0 Å². The van der Waals surface area contributed by atoms with Crippen LogP contribution in [-0.4, -0.2) is 27.0 Å². The van der Waals surface area contributed by atoms with E-state index in [1.165, 1.54) is 35.4 Å². The maximum atomic E-state index is 12.6. The number of nitrogens with one attached hydrogen (secondary N) is 1. The summed E-state index contributed by atoms with van der Waals surface area (Å²) in [5.74, 6) is -0.555. The minimum absolute atomic E-state index is 0.0252. The first-order valence-corrected chi connectivity index (χ1v) is 13.4. The fraction of sp³-hybridized carbons (Fsp3) is 0.355. The lowest BCUT2D eigenvalue weighted by Gasteiger charge is -2.38. The van der Waals surface area contributed by atoms with Gasteiger partial charge in [-0.25, -0.2) is 4.98 Å². The Morgan fingerprint density at radius 2 is 1.80 bits per heavy atom. The third-order valence-corrected chi connectivity index (χ3v) is 8.46. The number of carboxylic acids is 1. The molecule has 0 bridgehead atoms. The lowest BCUT2D eigenvalue weighted by Crippen LogP contribution is -2.31. The van der Waals surface area contributed by atoms with Crippen molar-refractivity contribution in [1.82, 2.24) is 9.55 Å². The van der Waals surface area contributed by atoms with Gasteiger partial charge in [0.25, 0.3) is 0 Å². The van der Waals surface area contributed by atoms with Gasteiger partial charge in [0.05, 0.1) is 11.0 Å². The smallest absolute Gasteiger partial charge is 0.481 e. The van der Waals surface area contributed by atoms with Gasteiger partial charge in [0.15, 0.2) is 0 Å². The van der Waals surface area contributed by atoms with Crippen LogP contribution < -0.4 is 10.1 Å². The zero-order valence-electron chi connectivity index (χ0n) is 22.3. The Kier molecular flexibility index (Phi) is 6.09. The van der Waals surface area contributed by atoms with E-state index in [0.717, 1.165) is 35.9 Å². The standard InChI is InChI=1S/C31H30F3N3O3/c1-29(2)15-16-30(23-6-4-3-5-22(23)29)18-26(30)37-25-13-7-19(8-14-27(38)39)17-24(25)36-28(37)35-20-9-11-21(12-10-20)40-31(32,33)34/h3-7,9-13,17,26H,8,14-16,18H2,1-2H3,(H,35,36)(H,38,39)/t26-,30?/m1/s1. The third kappa shape index (κ3) is 4.78. The zero-order valence-corrected chi connectivity index (χ0v) is 22.3. The second-order valence-electron chi connectivity index (χ2n) is 11.5. The number of hydrogen-bond acceptors (Lipinski definition) is 4. The van der Waals surface area contributed by atoms with E-state index < -0.39 is 12.3 Å². The number of aryl methyl sites for hydroxylation is 1. The number of hydrogen-bond donors (Lipinski definition) is 2. The monoisotopic (exact) mass is 549 g/mol. The average molecular weight is 550 g/mol. The third-order valence-electron chi connectivity index (χ3n) is 8.46. The number of aromatic nitrogens is 2. The van der Waals surface area contributed by atoms with Gasteiger partial charge in [-0.15, -0.1) is 13.2 Å². The van der Waals surface area contributed by atoms with E-state index in [1.807, 2.05) is 18.2 Å². The molecular weight excluding hydrogens is 519 g/mol. The summed E-state index contributed by atoms with van der Waals surface area (Å²) in [4.78, 5) is 16.0. The molecule has 9 heteroatoms. The highest BCUT2D eigenvalue weighted by molar-refractivity contribution is 5.81. The summed E-state index contributed by atoms with van der Waals surface area (Å²) in [7, 11) is 0. The second kappa shape index (κ2) is 9.28. The molecule has 0 saturated heterocycles. The molecule has 0 aliphatic heterocycles. The number of halogens is 3. The molecule has 1 spiro atoms. The number of carboxylic acid groups (broad SMARTS) is 1. The van der Waals surface area contributed by atoms with Crippen molar-refractivity contribution in [3.8, 4) is 5.75 Å². The van der Waals surface area contributed by atoms with Crippen LogP contribution in [0.1, 0.15) is 62.3 Å². The molecule has 0 radical (unpaired) electrons. The van der Waals surface area contributed by atoms with Crippen LogP contribution in [0, 0.1) is 0 Å². The van der Waals surface area contributed by atoms with E-state index in [-0.39, 0.29) is 29.0 Å². The van der Waals surface area contributed by atoms with Gasteiger partial charge >= 0.3 is 12.3 Å². The van der Waals surface area contributed by atoms with Crippen LogP contribution >= 0.6 is 0 Å². The maximum absolute atomic E-state index is 12.6. The summed E-state index contributed by atoms with van der Waals surface area (Å²) >= 11 is 0. The number of nitrogens with zero attached hydrogens (tertiary/aromatic N) is 2. The average Bonchev–Trinajstić information content (AvgIpc) is 3.50. The molecule has 3 aromatic carbocycles. The molecule has 0 amide bonds. The van der Waals surface area contributed by atoms with Crippen molar-refractivity contribution >= 4 is 28.6 Å². The molecule has 1 aromatic heterocycles. The minimum Gasteiger partial charge on any atom is -0.481 e. The first kappa shape index (κ1) is 26.2.